The monoisotopic (exact) mass is 352 g/mol. The predicted octanol–water partition coefficient (Wildman–Crippen LogP) is 4.11. The molecule has 2 aromatic carbocycles. The highest BCUT2D eigenvalue weighted by Crippen LogP contribution is 2.14. The first-order chi connectivity index (χ1) is 12.0. The summed E-state index contributed by atoms with van der Waals surface area (Å²) in [7, 11) is 0. The molecule has 1 amide bonds. The van der Waals surface area contributed by atoms with Gasteiger partial charge in [0.25, 0.3) is 11.5 Å². The Balaban J connectivity index is 1.82. The van der Waals surface area contributed by atoms with Gasteiger partial charge in [0.15, 0.2) is 0 Å². The van der Waals surface area contributed by atoms with Gasteiger partial charge in [-0.15, -0.1) is 0 Å². The second-order valence-corrected chi connectivity index (χ2v) is 6.27. The maximum absolute atomic E-state index is 12.4. The Kier molecular flexibility index (Phi) is 5.00. The standard InChI is InChI=1S/C20H17ClN2O2/c1-14-3-2-4-15(11-14)12-23-13-16(5-10-19(23)24)20(25)22-18-8-6-17(21)7-9-18/h2-11,13H,12H2,1H3,(H,22,25). The summed E-state index contributed by atoms with van der Waals surface area (Å²) in [6, 6.07) is 17.7. The van der Waals surface area contributed by atoms with Crippen molar-refractivity contribution in [3.8, 4) is 0 Å². The first-order valence-electron chi connectivity index (χ1n) is 7.84. The molecule has 1 N–H and O–H groups in total. The van der Waals surface area contributed by atoms with Crippen molar-refractivity contribution in [2.45, 2.75) is 13.5 Å². The van der Waals surface area contributed by atoms with E-state index in [4.69, 9.17) is 11.6 Å². The van der Waals surface area contributed by atoms with Crippen molar-refractivity contribution >= 4 is 23.2 Å². The Labute approximate surface area is 150 Å². The molecule has 0 fully saturated rings. The van der Waals surface area contributed by atoms with E-state index in [0.717, 1.165) is 11.1 Å². The van der Waals surface area contributed by atoms with E-state index in [1.807, 2.05) is 31.2 Å². The number of amides is 1. The molecule has 0 atom stereocenters. The second-order valence-electron chi connectivity index (χ2n) is 5.83. The molecule has 126 valence electrons. The van der Waals surface area contributed by atoms with Crippen LogP contribution in [0.3, 0.4) is 0 Å². The summed E-state index contributed by atoms with van der Waals surface area (Å²) in [5.74, 6) is -0.277. The van der Waals surface area contributed by atoms with E-state index < -0.39 is 0 Å². The van der Waals surface area contributed by atoms with E-state index in [9.17, 15) is 9.59 Å². The van der Waals surface area contributed by atoms with Gasteiger partial charge < -0.3 is 9.88 Å². The molecule has 3 aromatic rings. The lowest BCUT2D eigenvalue weighted by molar-refractivity contribution is 0.102. The topological polar surface area (TPSA) is 51.1 Å². The lowest BCUT2D eigenvalue weighted by Crippen LogP contribution is -2.22. The fraction of sp³-hybridized carbons (Fsp3) is 0.100. The van der Waals surface area contributed by atoms with Crippen molar-refractivity contribution in [3.63, 3.8) is 0 Å². The van der Waals surface area contributed by atoms with E-state index in [1.165, 1.54) is 16.7 Å². The Bertz CT molecular complexity index is 962. The molecule has 1 heterocycles. The summed E-state index contributed by atoms with van der Waals surface area (Å²) in [4.78, 5) is 24.5. The number of anilines is 1. The van der Waals surface area contributed by atoms with Crippen molar-refractivity contribution in [3.05, 3.63) is 98.9 Å². The zero-order valence-corrected chi connectivity index (χ0v) is 14.5. The summed E-state index contributed by atoms with van der Waals surface area (Å²) in [5, 5.41) is 3.39. The SMILES string of the molecule is Cc1cccc(Cn2cc(C(=O)Nc3ccc(Cl)cc3)ccc2=O)c1. The molecule has 0 radical (unpaired) electrons. The third-order valence-corrected chi connectivity index (χ3v) is 4.04. The van der Waals surface area contributed by atoms with Crippen molar-refractivity contribution in [1.29, 1.82) is 0 Å². The maximum Gasteiger partial charge on any atom is 0.257 e. The highest BCUT2D eigenvalue weighted by molar-refractivity contribution is 6.30. The molecule has 0 saturated heterocycles. The predicted molar refractivity (Wildman–Crippen MR) is 100 cm³/mol. The number of halogens is 1. The summed E-state index contributed by atoms with van der Waals surface area (Å²) in [6.07, 6.45) is 1.58. The molecule has 25 heavy (non-hydrogen) atoms. The van der Waals surface area contributed by atoms with E-state index >= 15 is 0 Å². The first kappa shape index (κ1) is 17.0. The molecule has 0 saturated carbocycles. The van der Waals surface area contributed by atoms with Gasteiger partial charge in [-0.1, -0.05) is 41.4 Å². The molecule has 0 aliphatic heterocycles. The molecule has 4 nitrogen and oxygen atoms in total. The number of rotatable bonds is 4. The third kappa shape index (κ3) is 4.37. The molecule has 0 spiro atoms. The Hall–Kier alpha value is -2.85. The van der Waals surface area contributed by atoms with Crippen LogP contribution in [-0.2, 0) is 6.54 Å². The van der Waals surface area contributed by atoms with Gasteiger partial charge in [0.05, 0.1) is 12.1 Å². The van der Waals surface area contributed by atoms with E-state index in [1.54, 1.807) is 30.5 Å². The summed E-state index contributed by atoms with van der Waals surface area (Å²) in [6.45, 7) is 2.42. The molecular weight excluding hydrogens is 336 g/mol. The summed E-state index contributed by atoms with van der Waals surface area (Å²) < 4.78 is 1.53. The lowest BCUT2D eigenvalue weighted by Gasteiger charge is -2.10. The van der Waals surface area contributed by atoms with Crippen LogP contribution in [0.5, 0.6) is 0 Å². The fourth-order valence-corrected chi connectivity index (χ4v) is 2.66. The average molecular weight is 353 g/mol. The number of pyridine rings is 1. The molecule has 0 unspecified atom stereocenters. The summed E-state index contributed by atoms with van der Waals surface area (Å²) >= 11 is 5.84. The van der Waals surface area contributed by atoms with Crippen LogP contribution in [0.15, 0.2) is 71.7 Å². The third-order valence-electron chi connectivity index (χ3n) is 3.78. The summed E-state index contributed by atoms with van der Waals surface area (Å²) in [5.41, 5.74) is 3.05. The van der Waals surface area contributed by atoms with Crippen LogP contribution in [0.1, 0.15) is 21.5 Å². The van der Waals surface area contributed by atoms with Crippen LogP contribution in [0.25, 0.3) is 0 Å². The van der Waals surface area contributed by atoms with Gasteiger partial charge in [0.2, 0.25) is 0 Å². The number of carbonyl (C=O) groups is 1. The highest BCUT2D eigenvalue weighted by Gasteiger charge is 2.09. The van der Waals surface area contributed by atoms with E-state index in [0.29, 0.717) is 22.8 Å². The minimum Gasteiger partial charge on any atom is -0.322 e. The van der Waals surface area contributed by atoms with Gasteiger partial charge in [0, 0.05) is 23.0 Å². The molecule has 0 bridgehead atoms. The molecular formula is C20H17ClN2O2. The Morgan fingerprint density at radius 1 is 1.08 bits per heavy atom. The van der Waals surface area contributed by atoms with Crippen LogP contribution >= 0.6 is 11.6 Å². The second kappa shape index (κ2) is 7.36. The normalized spacial score (nSPS) is 10.5. The molecule has 0 aliphatic carbocycles. The number of benzene rings is 2. The lowest BCUT2D eigenvalue weighted by atomic mass is 10.1. The quantitative estimate of drug-likeness (QED) is 0.768. The number of hydrogen-bond acceptors (Lipinski definition) is 2. The van der Waals surface area contributed by atoms with Gasteiger partial charge in [-0.3, -0.25) is 9.59 Å². The van der Waals surface area contributed by atoms with E-state index in [-0.39, 0.29) is 11.5 Å². The van der Waals surface area contributed by atoms with Crippen molar-refractivity contribution in [1.82, 2.24) is 4.57 Å². The Morgan fingerprint density at radius 2 is 1.84 bits per heavy atom. The molecule has 1 aromatic heterocycles. The molecule has 5 heteroatoms. The maximum atomic E-state index is 12.4. The molecule has 3 rings (SSSR count). The zero-order chi connectivity index (χ0) is 17.8. The van der Waals surface area contributed by atoms with Crippen LogP contribution in [0.2, 0.25) is 5.02 Å². The van der Waals surface area contributed by atoms with Gasteiger partial charge in [-0.05, 0) is 42.8 Å². The zero-order valence-electron chi connectivity index (χ0n) is 13.7. The van der Waals surface area contributed by atoms with E-state index in [2.05, 4.69) is 5.32 Å². The highest BCUT2D eigenvalue weighted by atomic mass is 35.5. The fourth-order valence-electron chi connectivity index (χ4n) is 2.53. The molecule has 0 aliphatic rings. The average Bonchev–Trinajstić information content (AvgIpc) is 2.59. The van der Waals surface area contributed by atoms with Crippen molar-refractivity contribution in [2.24, 2.45) is 0 Å². The van der Waals surface area contributed by atoms with Gasteiger partial charge in [0.1, 0.15) is 0 Å². The number of nitrogens with zero attached hydrogens (tertiary/aromatic N) is 1. The minimum atomic E-state index is -0.277. The number of aryl methyl sites for hydroxylation is 1. The van der Waals surface area contributed by atoms with Crippen LogP contribution in [0, 0.1) is 6.92 Å². The van der Waals surface area contributed by atoms with Gasteiger partial charge in [-0.25, -0.2) is 0 Å². The first-order valence-corrected chi connectivity index (χ1v) is 8.22. The Morgan fingerprint density at radius 3 is 2.56 bits per heavy atom. The number of hydrogen-bond donors (Lipinski definition) is 1. The van der Waals surface area contributed by atoms with Crippen LogP contribution in [0.4, 0.5) is 5.69 Å². The van der Waals surface area contributed by atoms with Crippen molar-refractivity contribution in [2.75, 3.05) is 5.32 Å². The minimum absolute atomic E-state index is 0.149. The van der Waals surface area contributed by atoms with Crippen LogP contribution in [-0.4, -0.2) is 10.5 Å². The smallest absolute Gasteiger partial charge is 0.257 e. The van der Waals surface area contributed by atoms with Gasteiger partial charge >= 0.3 is 0 Å². The number of nitrogens with one attached hydrogen (secondary N) is 1. The van der Waals surface area contributed by atoms with Crippen molar-refractivity contribution < 1.29 is 4.79 Å². The van der Waals surface area contributed by atoms with Gasteiger partial charge in [-0.2, -0.15) is 0 Å². The largest absolute Gasteiger partial charge is 0.322 e. The number of carbonyl (C=O) groups excluding carboxylic acids is 1. The van der Waals surface area contributed by atoms with Crippen LogP contribution < -0.4 is 10.9 Å². The number of aromatic nitrogens is 1.